The van der Waals surface area contributed by atoms with Gasteiger partial charge in [-0.1, -0.05) is 18.2 Å². The zero-order chi connectivity index (χ0) is 16.1. The Kier molecular flexibility index (Phi) is 4.71. The molecule has 118 valence electrons. The van der Waals surface area contributed by atoms with E-state index in [4.69, 9.17) is 0 Å². The van der Waals surface area contributed by atoms with Crippen molar-refractivity contribution in [3.8, 4) is 0 Å². The Labute approximate surface area is 137 Å². The van der Waals surface area contributed by atoms with Gasteiger partial charge in [0.05, 0.1) is 5.69 Å². The van der Waals surface area contributed by atoms with Crippen LogP contribution in [0.4, 0.5) is 5.82 Å². The second-order valence-electron chi connectivity index (χ2n) is 5.69. The van der Waals surface area contributed by atoms with Crippen molar-refractivity contribution < 1.29 is 0 Å². The molecule has 0 saturated heterocycles. The summed E-state index contributed by atoms with van der Waals surface area (Å²) in [6.45, 7) is 3.76. The van der Waals surface area contributed by atoms with E-state index in [1.807, 2.05) is 31.6 Å². The summed E-state index contributed by atoms with van der Waals surface area (Å²) in [6, 6.07) is 4.49. The Morgan fingerprint density at radius 2 is 2.09 bits per heavy atom. The number of allylic oxidation sites excluding steroid dienone is 3. The van der Waals surface area contributed by atoms with Crippen LogP contribution in [0.2, 0.25) is 0 Å². The number of unbranched alkanes of at least 4 members (excludes halogenated alkanes) is 1. The van der Waals surface area contributed by atoms with E-state index in [1.54, 1.807) is 0 Å². The van der Waals surface area contributed by atoms with Crippen molar-refractivity contribution in [1.29, 1.82) is 0 Å². The minimum atomic E-state index is 0.402. The molecule has 0 saturated carbocycles. The third-order valence-corrected chi connectivity index (χ3v) is 4.04. The predicted octanol–water partition coefficient (Wildman–Crippen LogP) is 3.90. The molecule has 0 fully saturated rings. The third-order valence-electron chi connectivity index (χ3n) is 4.04. The van der Waals surface area contributed by atoms with Gasteiger partial charge in [-0.05, 0) is 31.4 Å². The number of aromatic nitrogens is 2. The van der Waals surface area contributed by atoms with Crippen LogP contribution >= 0.6 is 0 Å². The quantitative estimate of drug-likeness (QED) is 0.628. The number of pyridine rings is 2. The molecule has 0 aliphatic carbocycles. The Balaban J connectivity index is 1.74. The Morgan fingerprint density at radius 1 is 1.26 bits per heavy atom. The average Bonchev–Trinajstić information content (AvgIpc) is 2.61. The van der Waals surface area contributed by atoms with Crippen LogP contribution in [0, 0.1) is 0 Å². The van der Waals surface area contributed by atoms with Crippen LogP contribution in [0.5, 0.6) is 0 Å². The molecule has 0 bridgehead atoms. The first-order valence-corrected chi connectivity index (χ1v) is 7.99. The van der Waals surface area contributed by atoms with Crippen LogP contribution in [-0.4, -0.2) is 23.1 Å². The fourth-order valence-corrected chi connectivity index (χ4v) is 2.67. The van der Waals surface area contributed by atoms with Crippen LogP contribution in [0.15, 0.2) is 55.5 Å². The smallest absolute Gasteiger partial charge is 0.126 e. The minimum Gasteiger partial charge on any atom is -0.384 e. The van der Waals surface area contributed by atoms with E-state index in [-0.39, 0.29) is 0 Å². The molecule has 4 heteroatoms. The molecule has 1 atom stereocenters. The van der Waals surface area contributed by atoms with Gasteiger partial charge >= 0.3 is 0 Å². The first-order valence-electron chi connectivity index (χ1n) is 7.99. The molecule has 0 radical (unpaired) electrons. The molecule has 0 aromatic carbocycles. The highest BCUT2D eigenvalue weighted by Gasteiger charge is 2.10. The molecular formula is C19H22N4. The van der Waals surface area contributed by atoms with Gasteiger partial charge in [0.15, 0.2) is 0 Å². The molecule has 1 unspecified atom stereocenters. The van der Waals surface area contributed by atoms with E-state index < -0.39 is 0 Å². The molecule has 2 aromatic heterocycles. The summed E-state index contributed by atoms with van der Waals surface area (Å²) >= 11 is 0. The van der Waals surface area contributed by atoms with Crippen LogP contribution in [-0.2, 0) is 0 Å². The van der Waals surface area contributed by atoms with E-state index in [1.165, 1.54) is 0 Å². The molecule has 2 N–H and O–H groups in total. The molecular weight excluding hydrogens is 284 g/mol. The third kappa shape index (κ3) is 3.59. The Hall–Kier alpha value is -2.62. The highest BCUT2D eigenvalue weighted by molar-refractivity contribution is 5.87. The van der Waals surface area contributed by atoms with E-state index >= 15 is 0 Å². The lowest BCUT2D eigenvalue weighted by atomic mass is 10.0. The standard InChI is InChI=1S/C19H22N4/c1-3-4-5-6-17-8-7-14(11-21-17)18-9-15-13-23-19(20-2)10-16(15)12-22-18/h3,7-13,17,21H,1,4-6H2,2H3,(H,20,23). The van der Waals surface area contributed by atoms with Crippen molar-refractivity contribution in [3.63, 3.8) is 0 Å². The summed E-state index contributed by atoms with van der Waals surface area (Å²) in [5, 5.41) is 8.67. The van der Waals surface area contributed by atoms with Crippen LogP contribution in [0.1, 0.15) is 25.0 Å². The van der Waals surface area contributed by atoms with Gasteiger partial charge in [0.2, 0.25) is 0 Å². The lowest BCUT2D eigenvalue weighted by Gasteiger charge is -2.18. The van der Waals surface area contributed by atoms with Crippen LogP contribution < -0.4 is 10.6 Å². The monoisotopic (exact) mass is 306 g/mol. The number of nitrogens with zero attached hydrogens (tertiary/aromatic N) is 2. The Morgan fingerprint density at radius 3 is 2.83 bits per heavy atom. The van der Waals surface area contributed by atoms with Gasteiger partial charge in [-0.2, -0.15) is 0 Å². The van der Waals surface area contributed by atoms with Crippen LogP contribution in [0.25, 0.3) is 16.3 Å². The number of hydrogen-bond donors (Lipinski definition) is 2. The lowest BCUT2D eigenvalue weighted by Crippen LogP contribution is -2.24. The summed E-state index contributed by atoms with van der Waals surface area (Å²) in [5.74, 6) is 0.855. The predicted molar refractivity (Wildman–Crippen MR) is 97.2 cm³/mol. The molecule has 4 nitrogen and oxygen atoms in total. The van der Waals surface area contributed by atoms with Crippen molar-refractivity contribution in [2.75, 3.05) is 12.4 Å². The Bertz CT molecular complexity index is 761. The SMILES string of the molecule is C=CCCCC1C=CC(c2cc3cnc(NC)cc3cn2)=CN1. The molecule has 23 heavy (non-hydrogen) atoms. The number of rotatable bonds is 6. The normalized spacial score (nSPS) is 16.7. The number of anilines is 1. The molecule has 3 heterocycles. The van der Waals surface area contributed by atoms with E-state index in [9.17, 15) is 0 Å². The van der Waals surface area contributed by atoms with Crippen molar-refractivity contribution in [1.82, 2.24) is 15.3 Å². The first-order chi connectivity index (χ1) is 11.3. The van der Waals surface area contributed by atoms with Gasteiger partial charge in [-0.25, -0.2) is 4.98 Å². The van der Waals surface area contributed by atoms with Crippen molar-refractivity contribution in [2.45, 2.75) is 25.3 Å². The van der Waals surface area contributed by atoms with E-state index in [0.717, 1.165) is 47.1 Å². The van der Waals surface area contributed by atoms with Crippen molar-refractivity contribution in [2.24, 2.45) is 0 Å². The minimum absolute atomic E-state index is 0.402. The average molecular weight is 306 g/mol. The number of dihydropyridines is 1. The van der Waals surface area contributed by atoms with Gasteiger partial charge in [0.1, 0.15) is 5.82 Å². The van der Waals surface area contributed by atoms with Gasteiger partial charge in [0.25, 0.3) is 0 Å². The summed E-state index contributed by atoms with van der Waals surface area (Å²) in [5.41, 5.74) is 2.06. The van der Waals surface area contributed by atoms with Gasteiger partial charge < -0.3 is 10.6 Å². The zero-order valence-electron chi connectivity index (χ0n) is 13.4. The van der Waals surface area contributed by atoms with E-state index in [2.05, 4.69) is 51.6 Å². The molecule has 2 aromatic rings. The molecule has 1 aliphatic heterocycles. The molecule has 0 spiro atoms. The second-order valence-corrected chi connectivity index (χ2v) is 5.69. The highest BCUT2D eigenvalue weighted by Crippen LogP contribution is 2.22. The maximum absolute atomic E-state index is 4.58. The van der Waals surface area contributed by atoms with Gasteiger partial charge in [-0.3, -0.25) is 4.98 Å². The van der Waals surface area contributed by atoms with Gasteiger partial charge in [-0.15, -0.1) is 6.58 Å². The van der Waals surface area contributed by atoms with Crippen molar-refractivity contribution in [3.05, 3.63) is 61.2 Å². The molecule has 0 amide bonds. The largest absolute Gasteiger partial charge is 0.384 e. The number of fused-ring (bicyclic) bond motifs is 1. The highest BCUT2D eigenvalue weighted by atomic mass is 14.9. The maximum Gasteiger partial charge on any atom is 0.126 e. The number of hydrogen-bond acceptors (Lipinski definition) is 4. The number of nitrogens with one attached hydrogen (secondary N) is 2. The van der Waals surface area contributed by atoms with E-state index in [0.29, 0.717) is 6.04 Å². The fourth-order valence-electron chi connectivity index (χ4n) is 2.67. The summed E-state index contributed by atoms with van der Waals surface area (Å²) in [7, 11) is 1.87. The first kappa shape index (κ1) is 15.3. The fraction of sp³-hybridized carbons (Fsp3) is 0.263. The molecule has 1 aliphatic rings. The maximum atomic E-state index is 4.58. The van der Waals surface area contributed by atoms with Gasteiger partial charge in [0, 0.05) is 48.0 Å². The topological polar surface area (TPSA) is 49.8 Å². The lowest BCUT2D eigenvalue weighted by molar-refractivity contribution is 0.606. The second kappa shape index (κ2) is 7.09. The summed E-state index contributed by atoms with van der Waals surface area (Å²) in [6.07, 6.45) is 15.5. The molecule has 3 rings (SSSR count). The summed E-state index contributed by atoms with van der Waals surface area (Å²) in [4.78, 5) is 8.94. The summed E-state index contributed by atoms with van der Waals surface area (Å²) < 4.78 is 0. The van der Waals surface area contributed by atoms with Crippen LogP contribution in [0.3, 0.4) is 0 Å². The van der Waals surface area contributed by atoms with Crippen molar-refractivity contribution >= 4 is 22.2 Å². The zero-order valence-corrected chi connectivity index (χ0v) is 13.4.